The summed E-state index contributed by atoms with van der Waals surface area (Å²) in [6.45, 7) is -0.0641. The lowest BCUT2D eigenvalue weighted by molar-refractivity contribution is 0.0905. The fraction of sp³-hybridized carbons (Fsp3) is 0.333. The maximum absolute atomic E-state index is 8.76. The van der Waals surface area contributed by atoms with Gasteiger partial charge in [-0.05, 0) is 12.0 Å². The van der Waals surface area contributed by atoms with Gasteiger partial charge in [-0.25, -0.2) is 0 Å². The second-order valence-electron chi connectivity index (χ2n) is 2.70. The van der Waals surface area contributed by atoms with Gasteiger partial charge in [0.1, 0.15) is 0 Å². The molecular weight excluding hydrogens is 154 g/mol. The van der Waals surface area contributed by atoms with E-state index in [4.69, 9.17) is 10.3 Å². The molecule has 0 aliphatic rings. The third kappa shape index (κ3) is 2.62. The topological polar surface area (TPSA) is 52.5 Å². The van der Waals surface area contributed by atoms with E-state index in [1.165, 1.54) is 0 Å². The van der Waals surface area contributed by atoms with Gasteiger partial charge in [-0.3, -0.25) is 0 Å². The predicted molar refractivity (Wildman–Crippen MR) is 45.9 cm³/mol. The molecule has 3 nitrogen and oxygen atoms in total. The van der Waals surface area contributed by atoms with Crippen molar-refractivity contribution in [2.75, 3.05) is 6.61 Å². The van der Waals surface area contributed by atoms with Gasteiger partial charge in [0.25, 0.3) is 0 Å². The Morgan fingerprint density at radius 1 is 1.25 bits per heavy atom. The summed E-state index contributed by atoms with van der Waals surface area (Å²) in [6.07, 6.45) is 0.633. The Morgan fingerprint density at radius 3 is 2.42 bits per heavy atom. The number of nitrogens with one attached hydrogen (secondary N) is 1. The normalized spacial score (nSPS) is 12.8. The lowest BCUT2D eigenvalue weighted by Crippen LogP contribution is -2.31. The maximum atomic E-state index is 8.76. The Kier molecular flexibility index (Phi) is 3.73. The van der Waals surface area contributed by atoms with Crippen LogP contribution in [-0.4, -0.2) is 23.0 Å². The first kappa shape index (κ1) is 9.19. The third-order valence-corrected chi connectivity index (χ3v) is 1.73. The van der Waals surface area contributed by atoms with Gasteiger partial charge in [0, 0.05) is 0 Å². The molecule has 0 aliphatic heterocycles. The Labute approximate surface area is 71.6 Å². The van der Waals surface area contributed by atoms with Gasteiger partial charge in [0.2, 0.25) is 0 Å². The summed E-state index contributed by atoms with van der Waals surface area (Å²) in [4.78, 5) is 0. The first-order chi connectivity index (χ1) is 5.86. The second kappa shape index (κ2) is 4.87. The Balaban J connectivity index is 2.51. The molecule has 12 heavy (non-hydrogen) atoms. The molecule has 1 aromatic rings. The number of rotatable bonds is 4. The second-order valence-corrected chi connectivity index (χ2v) is 2.70. The van der Waals surface area contributed by atoms with Crippen LogP contribution in [0, 0.1) is 0 Å². The Bertz CT molecular complexity index is 209. The fourth-order valence-electron chi connectivity index (χ4n) is 1.05. The number of aliphatic hydroxyl groups is 1. The summed E-state index contributed by atoms with van der Waals surface area (Å²) in [6, 6.07) is 9.44. The molecule has 0 aliphatic carbocycles. The van der Waals surface area contributed by atoms with E-state index < -0.39 is 0 Å². The number of hydroxylamine groups is 1. The van der Waals surface area contributed by atoms with Crippen molar-refractivity contribution in [1.29, 1.82) is 0 Å². The lowest BCUT2D eigenvalue weighted by Gasteiger charge is -2.10. The van der Waals surface area contributed by atoms with Crippen LogP contribution >= 0.6 is 0 Å². The standard InChI is InChI=1S/C9H13NO2/c11-7-9(10-12)6-8-4-2-1-3-5-8/h1-5,9-12H,6-7H2. The fourth-order valence-corrected chi connectivity index (χ4v) is 1.05. The molecule has 0 bridgehead atoms. The number of hydrogen-bond donors (Lipinski definition) is 3. The molecule has 0 spiro atoms. The highest BCUT2D eigenvalue weighted by molar-refractivity contribution is 5.15. The molecule has 1 atom stereocenters. The van der Waals surface area contributed by atoms with Crippen molar-refractivity contribution in [3.8, 4) is 0 Å². The first-order valence-corrected chi connectivity index (χ1v) is 3.91. The SMILES string of the molecule is OCC(Cc1ccccc1)NO. The van der Waals surface area contributed by atoms with Crippen LogP contribution in [0.5, 0.6) is 0 Å². The molecule has 3 N–H and O–H groups in total. The van der Waals surface area contributed by atoms with Gasteiger partial charge >= 0.3 is 0 Å². The van der Waals surface area contributed by atoms with E-state index in [2.05, 4.69) is 5.48 Å². The zero-order valence-corrected chi connectivity index (χ0v) is 6.77. The zero-order valence-electron chi connectivity index (χ0n) is 6.77. The van der Waals surface area contributed by atoms with E-state index >= 15 is 0 Å². The molecule has 0 amide bonds. The molecule has 0 heterocycles. The lowest BCUT2D eigenvalue weighted by atomic mass is 10.1. The minimum atomic E-state index is -0.271. The van der Waals surface area contributed by atoms with Gasteiger partial charge in [0.05, 0.1) is 12.6 Å². The average Bonchev–Trinajstić information content (AvgIpc) is 2.16. The highest BCUT2D eigenvalue weighted by Gasteiger charge is 2.05. The van der Waals surface area contributed by atoms with Crippen LogP contribution in [0.15, 0.2) is 30.3 Å². The van der Waals surface area contributed by atoms with E-state index in [0.717, 1.165) is 5.56 Å². The largest absolute Gasteiger partial charge is 0.395 e. The number of hydrogen-bond acceptors (Lipinski definition) is 3. The summed E-state index contributed by atoms with van der Waals surface area (Å²) < 4.78 is 0. The maximum Gasteiger partial charge on any atom is 0.0610 e. The van der Waals surface area contributed by atoms with E-state index in [1.54, 1.807) is 0 Å². The molecule has 0 fully saturated rings. The number of aliphatic hydroxyl groups excluding tert-OH is 1. The quantitative estimate of drug-likeness (QED) is 0.575. The summed E-state index contributed by atoms with van der Waals surface area (Å²) >= 11 is 0. The zero-order chi connectivity index (χ0) is 8.81. The predicted octanol–water partition coefficient (Wildman–Crippen LogP) is 0.569. The summed E-state index contributed by atoms with van der Waals surface area (Å²) in [5, 5.41) is 17.3. The molecule has 66 valence electrons. The molecule has 1 rings (SSSR count). The average molecular weight is 167 g/mol. The van der Waals surface area contributed by atoms with Crippen molar-refractivity contribution in [2.45, 2.75) is 12.5 Å². The highest BCUT2D eigenvalue weighted by Crippen LogP contribution is 2.01. The van der Waals surface area contributed by atoms with Crippen LogP contribution in [0.25, 0.3) is 0 Å². The number of benzene rings is 1. The van der Waals surface area contributed by atoms with E-state index in [9.17, 15) is 0 Å². The first-order valence-electron chi connectivity index (χ1n) is 3.91. The molecule has 0 radical (unpaired) electrons. The molecule has 1 aromatic carbocycles. The van der Waals surface area contributed by atoms with Gasteiger partial charge in [-0.15, -0.1) is 0 Å². The molecule has 1 unspecified atom stereocenters. The molecule has 0 saturated carbocycles. The van der Waals surface area contributed by atoms with Crippen LogP contribution in [-0.2, 0) is 6.42 Å². The van der Waals surface area contributed by atoms with Crippen LogP contribution in [0.2, 0.25) is 0 Å². The van der Waals surface area contributed by atoms with E-state index in [-0.39, 0.29) is 12.6 Å². The van der Waals surface area contributed by atoms with Crippen molar-refractivity contribution >= 4 is 0 Å². The van der Waals surface area contributed by atoms with Gasteiger partial charge in [0.15, 0.2) is 0 Å². The van der Waals surface area contributed by atoms with Crippen LogP contribution in [0.4, 0.5) is 0 Å². The summed E-state index contributed by atoms with van der Waals surface area (Å²) in [5.74, 6) is 0. The Morgan fingerprint density at radius 2 is 1.92 bits per heavy atom. The minimum absolute atomic E-state index is 0.0641. The summed E-state index contributed by atoms with van der Waals surface area (Å²) in [5.41, 5.74) is 3.15. The molecule has 0 saturated heterocycles. The monoisotopic (exact) mass is 167 g/mol. The van der Waals surface area contributed by atoms with Crippen LogP contribution < -0.4 is 5.48 Å². The third-order valence-electron chi connectivity index (χ3n) is 1.73. The van der Waals surface area contributed by atoms with E-state index in [0.29, 0.717) is 6.42 Å². The van der Waals surface area contributed by atoms with Gasteiger partial charge < -0.3 is 10.3 Å². The molecule has 0 aromatic heterocycles. The Hall–Kier alpha value is -0.900. The van der Waals surface area contributed by atoms with Crippen LogP contribution in [0.1, 0.15) is 5.56 Å². The minimum Gasteiger partial charge on any atom is -0.395 e. The van der Waals surface area contributed by atoms with E-state index in [1.807, 2.05) is 30.3 Å². The highest BCUT2D eigenvalue weighted by atomic mass is 16.5. The van der Waals surface area contributed by atoms with Crippen molar-refractivity contribution in [3.63, 3.8) is 0 Å². The van der Waals surface area contributed by atoms with Crippen molar-refractivity contribution in [3.05, 3.63) is 35.9 Å². The molecular formula is C9H13NO2. The summed E-state index contributed by atoms with van der Waals surface area (Å²) in [7, 11) is 0. The van der Waals surface area contributed by atoms with Crippen LogP contribution in [0.3, 0.4) is 0 Å². The van der Waals surface area contributed by atoms with Crippen molar-refractivity contribution in [1.82, 2.24) is 5.48 Å². The van der Waals surface area contributed by atoms with Crippen molar-refractivity contribution in [2.24, 2.45) is 0 Å². The molecule has 3 heteroatoms. The van der Waals surface area contributed by atoms with Gasteiger partial charge in [-0.1, -0.05) is 30.3 Å². The van der Waals surface area contributed by atoms with Gasteiger partial charge in [-0.2, -0.15) is 5.48 Å². The smallest absolute Gasteiger partial charge is 0.0610 e. The van der Waals surface area contributed by atoms with Crippen molar-refractivity contribution < 1.29 is 10.3 Å².